The van der Waals surface area contributed by atoms with E-state index in [0.29, 0.717) is 5.92 Å². The zero-order chi connectivity index (χ0) is 12.1. The lowest BCUT2D eigenvalue weighted by Gasteiger charge is -2.19. The number of hydrogen-bond acceptors (Lipinski definition) is 1. The first kappa shape index (κ1) is 12.6. The van der Waals surface area contributed by atoms with Crippen molar-refractivity contribution in [3.8, 4) is 0 Å². The first-order valence-corrected chi connectivity index (χ1v) is 7.03. The molecule has 1 atom stereocenters. The molecular formula is C16H25N. The van der Waals surface area contributed by atoms with Gasteiger partial charge in [0.25, 0.3) is 0 Å². The van der Waals surface area contributed by atoms with E-state index in [-0.39, 0.29) is 0 Å². The van der Waals surface area contributed by atoms with Crippen LogP contribution in [0.25, 0.3) is 0 Å². The molecule has 94 valence electrons. The number of rotatable bonds is 5. The Balaban J connectivity index is 1.87. The molecule has 1 fully saturated rings. The predicted octanol–water partition coefficient (Wildman–Crippen LogP) is 3.69. The summed E-state index contributed by atoms with van der Waals surface area (Å²) in [6.07, 6.45) is 8.24. The Labute approximate surface area is 105 Å². The van der Waals surface area contributed by atoms with Gasteiger partial charge in [0.05, 0.1) is 0 Å². The normalized spacial score (nSPS) is 18.5. The summed E-state index contributed by atoms with van der Waals surface area (Å²) >= 11 is 0. The van der Waals surface area contributed by atoms with E-state index in [1.807, 2.05) is 0 Å². The Morgan fingerprint density at radius 3 is 2.41 bits per heavy atom. The van der Waals surface area contributed by atoms with Crippen LogP contribution in [0.1, 0.15) is 43.2 Å². The third-order valence-electron chi connectivity index (χ3n) is 4.12. The maximum absolute atomic E-state index is 5.93. The third kappa shape index (κ3) is 3.85. The highest BCUT2D eigenvalue weighted by molar-refractivity contribution is 5.21. The Morgan fingerprint density at radius 2 is 1.82 bits per heavy atom. The number of benzene rings is 1. The lowest BCUT2D eigenvalue weighted by molar-refractivity contribution is 0.379. The average molecular weight is 231 g/mol. The summed E-state index contributed by atoms with van der Waals surface area (Å²) in [5.74, 6) is 1.63. The molecule has 0 bridgehead atoms. The van der Waals surface area contributed by atoms with E-state index >= 15 is 0 Å². The van der Waals surface area contributed by atoms with Crippen molar-refractivity contribution in [2.45, 2.75) is 45.4 Å². The standard InChI is InChI=1S/C16H25N/c1-13-6-8-15(9-7-13)11-16(12-17)10-14-4-2-3-5-14/h6-9,14,16H,2-5,10-12,17H2,1H3. The molecule has 1 aromatic rings. The number of hydrogen-bond donors (Lipinski definition) is 1. The number of aryl methyl sites for hydroxylation is 1. The molecule has 0 radical (unpaired) electrons. The molecule has 0 saturated heterocycles. The van der Waals surface area contributed by atoms with Crippen molar-refractivity contribution in [2.75, 3.05) is 6.54 Å². The molecule has 1 nitrogen and oxygen atoms in total. The molecule has 1 aliphatic carbocycles. The quantitative estimate of drug-likeness (QED) is 0.821. The second kappa shape index (κ2) is 6.20. The van der Waals surface area contributed by atoms with Gasteiger partial charge in [0, 0.05) is 0 Å². The van der Waals surface area contributed by atoms with Crippen LogP contribution in [0.2, 0.25) is 0 Å². The molecule has 2 N–H and O–H groups in total. The van der Waals surface area contributed by atoms with E-state index in [9.17, 15) is 0 Å². The van der Waals surface area contributed by atoms with E-state index in [1.54, 1.807) is 0 Å². The van der Waals surface area contributed by atoms with Crippen LogP contribution in [0, 0.1) is 18.8 Å². The Bertz CT molecular complexity index is 322. The fraction of sp³-hybridized carbons (Fsp3) is 0.625. The van der Waals surface area contributed by atoms with Crippen LogP contribution in [0.5, 0.6) is 0 Å². The minimum atomic E-state index is 0.681. The zero-order valence-corrected chi connectivity index (χ0v) is 11.0. The summed E-state index contributed by atoms with van der Waals surface area (Å²) in [6.45, 7) is 2.98. The van der Waals surface area contributed by atoms with Gasteiger partial charge >= 0.3 is 0 Å². The van der Waals surface area contributed by atoms with Crippen molar-refractivity contribution in [1.29, 1.82) is 0 Å². The van der Waals surface area contributed by atoms with Gasteiger partial charge in [-0.3, -0.25) is 0 Å². The average Bonchev–Trinajstić information content (AvgIpc) is 2.84. The second-order valence-corrected chi connectivity index (χ2v) is 5.68. The second-order valence-electron chi connectivity index (χ2n) is 5.68. The molecule has 0 aromatic heterocycles. The van der Waals surface area contributed by atoms with Crippen molar-refractivity contribution in [3.63, 3.8) is 0 Å². The van der Waals surface area contributed by atoms with Crippen molar-refractivity contribution in [3.05, 3.63) is 35.4 Å². The van der Waals surface area contributed by atoms with Crippen LogP contribution in [0.4, 0.5) is 0 Å². The van der Waals surface area contributed by atoms with Crippen LogP contribution in [0.15, 0.2) is 24.3 Å². The van der Waals surface area contributed by atoms with Crippen LogP contribution in [0.3, 0.4) is 0 Å². The lowest BCUT2D eigenvalue weighted by atomic mass is 9.88. The van der Waals surface area contributed by atoms with Gasteiger partial charge in [-0.15, -0.1) is 0 Å². The van der Waals surface area contributed by atoms with Crippen molar-refractivity contribution >= 4 is 0 Å². The van der Waals surface area contributed by atoms with Gasteiger partial charge in [-0.1, -0.05) is 55.5 Å². The first-order valence-electron chi connectivity index (χ1n) is 7.03. The molecule has 0 amide bonds. The first-order chi connectivity index (χ1) is 8.28. The van der Waals surface area contributed by atoms with E-state index in [4.69, 9.17) is 5.73 Å². The van der Waals surface area contributed by atoms with Crippen LogP contribution < -0.4 is 5.73 Å². The molecule has 1 saturated carbocycles. The highest BCUT2D eigenvalue weighted by atomic mass is 14.5. The van der Waals surface area contributed by atoms with Gasteiger partial charge < -0.3 is 5.73 Å². The Kier molecular flexibility index (Phi) is 4.61. The van der Waals surface area contributed by atoms with Crippen molar-refractivity contribution in [2.24, 2.45) is 17.6 Å². The minimum absolute atomic E-state index is 0.681. The van der Waals surface area contributed by atoms with Gasteiger partial charge in [0.15, 0.2) is 0 Å². The molecule has 2 rings (SSSR count). The van der Waals surface area contributed by atoms with Crippen LogP contribution in [-0.2, 0) is 6.42 Å². The molecule has 1 unspecified atom stereocenters. The van der Waals surface area contributed by atoms with Crippen molar-refractivity contribution < 1.29 is 0 Å². The summed E-state index contributed by atoms with van der Waals surface area (Å²) < 4.78 is 0. The maximum Gasteiger partial charge on any atom is -0.00456 e. The predicted molar refractivity (Wildman–Crippen MR) is 74.0 cm³/mol. The molecule has 1 heteroatoms. The summed E-state index contributed by atoms with van der Waals surface area (Å²) in [5, 5.41) is 0. The summed E-state index contributed by atoms with van der Waals surface area (Å²) in [5.41, 5.74) is 8.72. The smallest absolute Gasteiger partial charge is 0.00456 e. The molecule has 1 aliphatic rings. The topological polar surface area (TPSA) is 26.0 Å². The highest BCUT2D eigenvalue weighted by Gasteiger charge is 2.19. The van der Waals surface area contributed by atoms with E-state index in [0.717, 1.165) is 18.9 Å². The maximum atomic E-state index is 5.93. The summed E-state index contributed by atoms with van der Waals surface area (Å²) in [4.78, 5) is 0. The van der Waals surface area contributed by atoms with Crippen LogP contribution >= 0.6 is 0 Å². The highest BCUT2D eigenvalue weighted by Crippen LogP contribution is 2.31. The Hall–Kier alpha value is -0.820. The molecule has 0 spiro atoms. The lowest BCUT2D eigenvalue weighted by Crippen LogP contribution is -2.19. The molecular weight excluding hydrogens is 206 g/mol. The fourth-order valence-corrected chi connectivity index (χ4v) is 3.04. The molecule has 17 heavy (non-hydrogen) atoms. The zero-order valence-electron chi connectivity index (χ0n) is 11.0. The van der Waals surface area contributed by atoms with E-state index in [2.05, 4.69) is 31.2 Å². The largest absolute Gasteiger partial charge is 0.330 e. The van der Waals surface area contributed by atoms with Gasteiger partial charge in [-0.2, -0.15) is 0 Å². The fourth-order valence-electron chi connectivity index (χ4n) is 3.04. The molecule has 1 aromatic carbocycles. The van der Waals surface area contributed by atoms with Gasteiger partial charge in [0.1, 0.15) is 0 Å². The van der Waals surface area contributed by atoms with Crippen molar-refractivity contribution in [1.82, 2.24) is 0 Å². The monoisotopic (exact) mass is 231 g/mol. The number of nitrogens with two attached hydrogens (primary N) is 1. The summed E-state index contributed by atoms with van der Waals surface area (Å²) in [6, 6.07) is 8.93. The molecule has 0 heterocycles. The van der Waals surface area contributed by atoms with Gasteiger partial charge in [-0.05, 0) is 43.7 Å². The SMILES string of the molecule is Cc1ccc(CC(CN)CC2CCCC2)cc1. The Morgan fingerprint density at radius 1 is 1.18 bits per heavy atom. The van der Waals surface area contributed by atoms with E-state index in [1.165, 1.54) is 43.2 Å². The minimum Gasteiger partial charge on any atom is -0.330 e. The van der Waals surface area contributed by atoms with Crippen LogP contribution in [-0.4, -0.2) is 6.54 Å². The van der Waals surface area contributed by atoms with Gasteiger partial charge in [-0.25, -0.2) is 0 Å². The van der Waals surface area contributed by atoms with Gasteiger partial charge in [0.2, 0.25) is 0 Å². The summed E-state index contributed by atoms with van der Waals surface area (Å²) in [7, 11) is 0. The third-order valence-corrected chi connectivity index (χ3v) is 4.12. The molecule has 0 aliphatic heterocycles. The van der Waals surface area contributed by atoms with E-state index < -0.39 is 0 Å².